The molecular weight excluding hydrogens is 310 g/mol. The van der Waals surface area contributed by atoms with Crippen LogP contribution in [0.15, 0.2) is 42.5 Å². The van der Waals surface area contributed by atoms with E-state index < -0.39 is 5.97 Å². The van der Waals surface area contributed by atoms with Crippen molar-refractivity contribution in [2.45, 2.75) is 26.8 Å². The van der Waals surface area contributed by atoms with Gasteiger partial charge in [0.05, 0.1) is 0 Å². The van der Waals surface area contributed by atoms with E-state index in [1.165, 1.54) is 11.3 Å². The number of thiophene rings is 1. The van der Waals surface area contributed by atoms with E-state index in [0.717, 1.165) is 10.4 Å². The Hall–Kier alpha value is -2.14. The smallest absolute Gasteiger partial charge is 0.348 e. The molecule has 1 atom stereocenters. The molecule has 4 nitrogen and oxygen atoms in total. The number of carbonyl (C=O) groups excluding carboxylic acids is 2. The van der Waals surface area contributed by atoms with Gasteiger partial charge in [0.25, 0.3) is 5.91 Å². The van der Waals surface area contributed by atoms with Gasteiger partial charge in [-0.05, 0) is 30.5 Å². The van der Waals surface area contributed by atoms with Crippen LogP contribution in [-0.4, -0.2) is 24.5 Å². The molecule has 0 saturated heterocycles. The molecule has 1 unspecified atom stereocenters. The van der Waals surface area contributed by atoms with E-state index in [0.29, 0.717) is 10.8 Å². The first-order chi connectivity index (χ1) is 11.0. The lowest BCUT2D eigenvalue weighted by atomic mass is 10.1. The quantitative estimate of drug-likeness (QED) is 0.821. The van der Waals surface area contributed by atoms with Crippen LogP contribution in [0.5, 0.6) is 0 Å². The highest BCUT2D eigenvalue weighted by Crippen LogP contribution is 2.28. The lowest BCUT2D eigenvalue weighted by Crippen LogP contribution is -2.38. The highest BCUT2D eigenvalue weighted by molar-refractivity contribution is 7.17. The number of carbonyl (C=O) groups is 2. The van der Waals surface area contributed by atoms with Crippen LogP contribution in [0.4, 0.5) is 0 Å². The largest absolute Gasteiger partial charge is 0.451 e. The molecule has 1 heterocycles. The Morgan fingerprint density at radius 3 is 2.43 bits per heavy atom. The Balaban J connectivity index is 1.89. The van der Waals surface area contributed by atoms with Crippen LogP contribution in [0.1, 0.15) is 30.4 Å². The minimum absolute atomic E-state index is 0.0487. The molecule has 5 heteroatoms. The fraction of sp³-hybridized carbons (Fsp3) is 0.333. The van der Waals surface area contributed by atoms with Gasteiger partial charge in [-0.3, -0.25) is 4.79 Å². The van der Waals surface area contributed by atoms with Crippen LogP contribution in [0, 0.1) is 5.92 Å². The van der Waals surface area contributed by atoms with E-state index in [1.54, 1.807) is 6.07 Å². The lowest BCUT2D eigenvalue weighted by molar-refractivity contribution is -0.125. The van der Waals surface area contributed by atoms with Crippen LogP contribution in [0.2, 0.25) is 0 Å². The maximum absolute atomic E-state index is 12.0. The molecule has 122 valence electrons. The number of hydrogen-bond acceptors (Lipinski definition) is 4. The summed E-state index contributed by atoms with van der Waals surface area (Å²) in [7, 11) is 0. The minimum atomic E-state index is -0.468. The number of esters is 1. The van der Waals surface area contributed by atoms with Crippen LogP contribution >= 0.6 is 11.3 Å². The van der Waals surface area contributed by atoms with Gasteiger partial charge in [0.15, 0.2) is 6.61 Å². The molecule has 0 bridgehead atoms. The second-order valence-electron chi connectivity index (χ2n) is 5.71. The topological polar surface area (TPSA) is 55.4 Å². The molecule has 0 fully saturated rings. The monoisotopic (exact) mass is 331 g/mol. The average molecular weight is 331 g/mol. The second kappa shape index (κ2) is 7.92. The summed E-state index contributed by atoms with van der Waals surface area (Å²) in [5.74, 6) is -0.413. The molecule has 0 radical (unpaired) electrons. The normalized spacial score (nSPS) is 12.0. The van der Waals surface area contributed by atoms with Crippen molar-refractivity contribution in [3.05, 3.63) is 47.3 Å². The van der Waals surface area contributed by atoms with E-state index >= 15 is 0 Å². The van der Waals surface area contributed by atoms with Crippen LogP contribution in [0.25, 0.3) is 10.4 Å². The van der Waals surface area contributed by atoms with Gasteiger partial charge in [0, 0.05) is 10.9 Å². The molecule has 0 saturated carbocycles. The fourth-order valence-corrected chi connectivity index (χ4v) is 2.77. The predicted molar refractivity (Wildman–Crippen MR) is 92.5 cm³/mol. The third kappa shape index (κ3) is 4.93. The third-order valence-corrected chi connectivity index (χ3v) is 4.70. The van der Waals surface area contributed by atoms with Crippen LogP contribution in [-0.2, 0) is 9.53 Å². The van der Waals surface area contributed by atoms with Crippen LogP contribution in [0.3, 0.4) is 0 Å². The van der Waals surface area contributed by atoms with Crippen molar-refractivity contribution >= 4 is 23.2 Å². The summed E-state index contributed by atoms with van der Waals surface area (Å²) in [4.78, 5) is 25.2. The number of nitrogens with one attached hydrogen (secondary N) is 1. The highest BCUT2D eigenvalue weighted by Gasteiger charge is 2.15. The molecule has 2 aromatic rings. The average Bonchev–Trinajstić information content (AvgIpc) is 3.03. The minimum Gasteiger partial charge on any atom is -0.451 e. The molecule has 0 aliphatic carbocycles. The Bertz CT molecular complexity index is 664. The summed E-state index contributed by atoms with van der Waals surface area (Å²) in [5, 5.41) is 2.80. The van der Waals surface area contributed by atoms with E-state index in [9.17, 15) is 9.59 Å². The molecule has 0 aliphatic rings. The lowest BCUT2D eigenvalue weighted by Gasteiger charge is -2.17. The van der Waals surface area contributed by atoms with E-state index in [4.69, 9.17) is 4.74 Å². The molecule has 1 aromatic carbocycles. The summed E-state index contributed by atoms with van der Waals surface area (Å²) in [6.07, 6.45) is 0. The summed E-state index contributed by atoms with van der Waals surface area (Å²) in [6.45, 7) is 5.71. The molecule has 2 rings (SSSR count). The van der Waals surface area contributed by atoms with E-state index in [2.05, 4.69) is 5.32 Å². The number of hydrogen-bond donors (Lipinski definition) is 1. The maximum atomic E-state index is 12.0. The molecule has 1 amide bonds. The molecule has 1 N–H and O–H groups in total. The van der Waals surface area contributed by atoms with Crippen molar-refractivity contribution in [2.24, 2.45) is 5.92 Å². The Morgan fingerprint density at radius 2 is 1.78 bits per heavy atom. The Labute approximate surface area is 140 Å². The highest BCUT2D eigenvalue weighted by atomic mass is 32.1. The molecule has 23 heavy (non-hydrogen) atoms. The second-order valence-corrected chi connectivity index (χ2v) is 6.79. The Morgan fingerprint density at radius 1 is 1.09 bits per heavy atom. The van der Waals surface area contributed by atoms with Crippen molar-refractivity contribution in [2.75, 3.05) is 6.61 Å². The van der Waals surface area contributed by atoms with Gasteiger partial charge in [-0.15, -0.1) is 11.3 Å². The first-order valence-corrected chi connectivity index (χ1v) is 8.40. The summed E-state index contributed by atoms with van der Waals surface area (Å²) in [5.41, 5.74) is 1.06. The number of amides is 1. The van der Waals surface area contributed by atoms with Crippen molar-refractivity contribution in [3.63, 3.8) is 0 Å². The van der Waals surface area contributed by atoms with Gasteiger partial charge >= 0.3 is 5.97 Å². The number of benzene rings is 1. The Kier molecular flexibility index (Phi) is 5.93. The van der Waals surface area contributed by atoms with Crippen LogP contribution < -0.4 is 5.32 Å². The van der Waals surface area contributed by atoms with Gasteiger partial charge in [-0.2, -0.15) is 0 Å². The van der Waals surface area contributed by atoms with Gasteiger partial charge in [-0.1, -0.05) is 44.2 Å². The zero-order chi connectivity index (χ0) is 16.8. The zero-order valence-electron chi connectivity index (χ0n) is 13.5. The van der Waals surface area contributed by atoms with Gasteiger partial charge in [0.2, 0.25) is 0 Å². The van der Waals surface area contributed by atoms with Crippen molar-refractivity contribution in [3.8, 4) is 10.4 Å². The molecule has 0 spiro atoms. The summed E-state index contributed by atoms with van der Waals surface area (Å²) >= 11 is 1.36. The van der Waals surface area contributed by atoms with Crippen molar-refractivity contribution < 1.29 is 14.3 Å². The SMILES string of the molecule is CC(C)C(C)NC(=O)COC(=O)c1ccc(-c2ccccc2)s1. The fourth-order valence-electron chi connectivity index (χ4n) is 1.87. The van der Waals surface area contributed by atoms with Crippen molar-refractivity contribution in [1.29, 1.82) is 0 Å². The maximum Gasteiger partial charge on any atom is 0.348 e. The summed E-state index contributed by atoms with van der Waals surface area (Å²) in [6, 6.07) is 13.5. The van der Waals surface area contributed by atoms with Gasteiger partial charge in [0.1, 0.15) is 4.88 Å². The standard InChI is InChI=1S/C18H21NO3S/c1-12(2)13(3)19-17(20)11-22-18(21)16-10-9-15(23-16)14-7-5-4-6-8-14/h4-10,12-13H,11H2,1-3H3,(H,19,20). The molecule has 0 aliphatic heterocycles. The van der Waals surface area contributed by atoms with E-state index in [1.807, 2.05) is 57.2 Å². The first-order valence-electron chi connectivity index (χ1n) is 7.59. The zero-order valence-corrected chi connectivity index (χ0v) is 14.4. The number of ether oxygens (including phenoxy) is 1. The first kappa shape index (κ1) is 17.2. The molecule has 1 aromatic heterocycles. The summed E-state index contributed by atoms with van der Waals surface area (Å²) < 4.78 is 5.08. The molecular formula is C18H21NO3S. The third-order valence-electron chi connectivity index (χ3n) is 3.59. The van der Waals surface area contributed by atoms with Gasteiger partial charge in [-0.25, -0.2) is 4.79 Å². The van der Waals surface area contributed by atoms with Crippen molar-refractivity contribution in [1.82, 2.24) is 5.32 Å². The van der Waals surface area contributed by atoms with Gasteiger partial charge < -0.3 is 10.1 Å². The van der Waals surface area contributed by atoms with E-state index in [-0.39, 0.29) is 18.6 Å². The number of rotatable bonds is 6. The predicted octanol–water partition coefficient (Wildman–Crippen LogP) is 3.73.